The van der Waals surface area contributed by atoms with Crippen LogP contribution in [0.1, 0.15) is 18.1 Å². The molecule has 9 nitrogen and oxygen atoms in total. The van der Waals surface area contributed by atoms with Crippen LogP contribution in [-0.4, -0.2) is 64.8 Å². The molecule has 1 atom stereocenters. The Kier molecular flexibility index (Phi) is 5.94. The van der Waals surface area contributed by atoms with E-state index >= 15 is 0 Å². The number of anilines is 2. The summed E-state index contributed by atoms with van der Waals surface area (Å²) >= 11 is 0. The van der Waals surface area contributed by atoms with Crippen molar-refractivity contribution in [1.29, 1.82) is 0 Å². The first-order chi connectivity index (χ1) is 15.0. The average molecular weight is 431 g/mol. The number of halogens is 2. The van der Waals surface area contributed by atoms with Gasteiger partial charge in [-0.05, 0) is 30.2 Å². The Hall–Kier alpha value is -3.34. The Labute approximate surface area is 177 Å². The monoisotopic (exact) mass is 431 g/mol. The normalized spacial score (nSPS) is 14.2. The zero-order chi connectivity index (χ0) is 22.0. The van der Waals surface area contributed by atoms with Crippen LogP contribution in [0.15, 0.2) is 24.3 Å². The van der Waals surface area contributed by atoms with Gasteiger partial charge < -0.3 is 20.1 Å². The lowest BCUT2D eigenvalue weighted by molar-refractivity contribution is 0.122. The van der Waals surface area contributed by atoms with Crippen molar-refractivity contribution in [2.24, 2.45) is 0 Å². The molecule has 3 aromatic rings. The van der Waals surface area contributed by atoms with E-state index in [2.05, 4.69) is 30.9 Å². The van der Waals surface area contributed by atoms with Gasteiger partial charge in [0.25, 0.3) is 6.43 Å². The van der Waals surface area contributed by atoms with Crippen molar-refractivity contribution in [3.8, 4) is 5.88 Å². The third-order valence-electron chi connectivity index (χ3n) is 4.84. The lowest BCUT2D eigenvalue weighted by atomic mass is 9.96. The number of fused-ring (bicyclic) bond motifs is 2. The van der Waals surface area contributed by atoms with E-state index < -0.39 is 13.0 Å². The summed E-state index contributed by atoms with van der Waals surface area (Å²) in [5, 5.41) is 14.2. The maximum Gasteiger partial charge on any atom is 0.258 e. The van der Waals surface area contributed by atoms with Crippen molar-refractivity contribution in [3.05, 3.63) is 35.4 Å². The van der Waals surface area contributed by atoms with Crippen LogP contribution in [0.25, 0.3) is 16.6 Å². The summed E-state index contributed by atoms with van der Waals surface area (Å²) in [5.74, 6) is 1.44. The molecule has 1 aliphatic rings. The summed E-state index contributed by atoms with van der Waals surface area (Å²) in [5.41, 5.74) is 3.43. The highest BCUT2D eigenvalue weighted by Crippen LogP contribution is 2.38. The third-order valence-corrected chi connectivity index (χ3v) is 4.84. The minimum Gasteiger partial charge on any atom is -0.480 e. The molecule has 11 heteroatoms. The highest BCUT2D eigenvalue weighted by molar-refractivity contribution is 5.92. The highest BCUT2D eigenvalue weighted by Gasteiger charge is 2.24. The molecular weight excluding hydrogens is 408 g/mol. The summed E-state index contributed by atoms with van der Waals surface area (Å²) in [6.45, 7) is 2.49. The topological polar surface area (TPSA) is 99.0 Å². The maximum atomic E-state index is 12.9. The highest BCUT2D eigenvalue weighted by atomic mass is 19.3. The molecular formula is C20H23F2N7O2. The number of hydrogen-bond acceptors (Lipinski definition) is 8. The van der Waals surface area contributed by atoms with Gasteiger partial charge in [-0.25, -0.2) is 13.5 Å². The SMILES string of the molecule is COC[C@@H](C)Nc1nc2c(c(OC)n1)C(c1ccc3nnn(CC(F)F)c3c1)=CCN2. The van der Waals surface area contributed by atoms with E-state index in [1.807, 2.05) is 19.1 Å². The molecule has 0 radical (unpaired) electrons. The number of methoxy groups -OCH3 is 2. The van der Waals surface area contributed by atoms with Gasteiger partial charge in [0, 0.05) is 19.7 Å². The number of hydrogen-bond donors (Lipinski definition) is 2. The van der Waals surface area contributed by atoms with Crippen molar-refractivity contribution in [2.45, 2.75) is 25.9 Å². The standard InChI is InChI=1S/C20H23F2N7O2/c1-11(10-30-2)24-20-25-18-17(19(26-20)31-3)13(6-7-23-18)12-4-5-14-15(8-12)29(28-27-14)9-16(21)22/h4-6,8,11,16H,7,9-10H2,1-3H3,(H2,23,24,25,26)/t11-/m1/s1. The molecule has 2 aromatic heterocycles. The summed E-state index contributed by atoms with van der Waals surface area (Å²) in [7, 11) is 3.17. The Bertz CT molecular complexity index is 1120. The number of nitrogens with zero attached hydrogens (tertiary/aromatic N) is 5. The van der Waals surface area contributed by atoms with Gasteiger partial charge in [-0.1, -0.05) is 17.4 Å². The number of alkyl halides is 2. The number of aromatic nitrogens is 5. The molecule has 1 aromatic carbocycles. The van der Waals surface area contributed by atoms with Crippen LogP contribution in [0, 0.1) is 0 Å². The molecule has 0 saturated carbocycles. The van der Waals surface area contributed by atoms with Crippen LogP contribution in [-0.2, 0) is 11.3 Å². The minimum atomic E-state index is -2.52. The Balaban J connectivity index is 1.74. The van der Waals surface area contributed by atoms with Crippen LogP contribution in [0.3, 0.4) is 0 Å². The lowest BCUT2D eigenvalue weighted by Crippen LogP contribution is -2.23. The van der Waals surface area contributed by atoms with E-state index in [4.69, 9.17) is 9.47 Å². The number of nitrogens with one attached hydrogen (secondary N) is 2. The molecule has 0 fully saturated rings. The number of benzene rings is 1. The van der Waals surface area contributed by atoms with Gasteiger partial charge in [-0.2, -0.15) is 9.97 Å². The van der Waals surface area contributed by atoms with Gasteiger partial charge in [0.1, 0.15) is 17.9 Å². The largest absolute Gasteiger partial charge is 0.480 e. The van der Waals surface area contributed by atoms with Crippen LogP contribution in [0.5, 0.6) is 5.88 Å². The van der Waals surface area contributed by atoms with Gasteiger partial charge in [0.2, 0.25) is 11.8 Å². The molecule has 1 aliphatic heterocycles. The van der Waals surface area contributed by atoms with Crippen molar-refractivity contribution in [3.63, 3.8) is 0 Å². The molecule has 0 aliphatic carbocycles. The van der Waals surface area contributed by atoms with Crippen LogP contribution < -0.4 is 15.4 Å². The molecule has 0 unspecified atom stereocenters. The van der Waals surface area contributed by atoms with E-state index in [0.29, 0.717) is 47.4 Å². The molecule has 31 heavy (non-hydrogen) atoms. The molecule has 0 bridgehead atoms. The average Bonchev–Trinajstić information content (AvgIpc) is 3.14. The van der Waals surface area contributed by atoms with Crippen molar-refractivity contribution >= 4 is 28.4 Å². The quantitative estimate of drug-likeness (QED) is 0.562. The zero-order valence-corrected chi connectivity index (χ0v) is 17.4. The first-order valence-electron chi connectivity index (χ1n) is 9.77. The van der Waals surface area contributed by atoms with Gasteiger partial charge in [0.05, 0.1) is 24.8 Å². The fourth-order valence-corrected chi connectivity index (χ4v) is 3.55. The van der Waals surface area contributed by atoms with Crippen molar-refractivity contribution in [2.75, 3.05) is 38.0 Å². The molecule has 3 heterocycles. The van der Waals surface area contributed by atoms with Crippen molar-refractivity contribution < 1.29 is 18.3 Å². The zero-order valence-electron chi connectivity index (χ0n) is 17.4. The predicted molar refractivity (Wildman–Crippen MR) is 113 cm³/mol. The van der Waals surface area contributed by atoms with E-state index in [1.165, 1.54) is 4.68 Å². The maximum absolute atomic E-state index is 12.9. The Morgan fingerprint density at radius 2 is 2.10 bits per heavy atom. The molecule has 0 saturated heterocycles. The number of rotatable bonds is 8. The third kappa shape index (κ3) is 4.26. The Morgan fingerprint density at radius 1 is 1.26 bits per heavy atom. The van der Waals surface area contributed by atoms with E-state index in [1.54, 1.807) is 26.4 Å². The lowest BCUT2D eigenvalue weighted by Gasteiger charge is -2.22. The summed E-state index contributed by atoms with van der Waals surface area (Å²) < 4.78 is 37.7. The summed E-state index contributed by atoms with van der Waals surface area (Å²) in [4.78, 5) is 9.09. The second kappa shape index (κ2) is 8.80. The van der Waals surface area contributed by atoms with E-state index in [9.17, 15) is 8.78 Å². The van der Waals surface area contributed by atoms with Gasteiger partial charge in [0.15, 0.2) is 0 Å². The molecule has 164 valence electrons. The molecule has 0 spiro atoms. The first kappa shape index (κ1) is 20.9. The summed E-state index contributed by atoms with van der Waals surface area (Å²) in [6, 6.07) is 5.44. The second-order valence-electron chi connectivity index (χ2n) is 7.15. The minimum absolute atomic E-state index is 0.0105. The molecule has 4 rings (SSSR count). The van der Waals surface area contributed by atoms with E-state index in [-0.39, 0.29) is 6.04 Å². The predicted octanol–water partition coefficient (Wildman–Crippen LogP) is 2.80. The smallest absolute Gasteiger partial charge is 0.258 e. The van der Waals surface area contributed by atoms with Crippen LogP contribution in [0.4, 0.5) is 20.5 Å². The van der Waals surface area contributed by atoms with Gasteiger partial charge in [-0.3, -0.25) is 0 Å². The van der Waals surface area contributed by atoms with Gasteiger partial charge in [-0.15, -0.1) is 5.10 Å². The van der Waals surface area contributed by atoms with E-state index in [0.717, 1.165) is 11.1 Å². The summed E-state index contributed by atoms with van der Waals surface area (Å²) in [6.07, 6.45) is -0.538. The van der Waals surface area contributed by atoms with Crippen LogP contribution >= 0.6 is 0 Å². The molecule has 0 amide bonds. The Morgan fingerprint density at radius 3 is 2.84 bits per heavy atom. The fourth-order valence-electron chi connectivity index (χ4n) is 3.55. The van der Waals surface area contributed by atoms with Crippen molar-refractivity contribution in [1.82, 2.24) is 25.0 Å². The first-order valence-corrected chi connectivity index (χ1v) is 9.77. The second-order valence-corrected chi connectivity index (χ2v) is 7.15. The fraction of sp³-hybridized carbons (Fsp3) is 0.400. The van der Waals surface area contributed by atoms with Gasteiger partial charge >= 0.3 is 0 Å². The van der Waals surface area contributed by atoms with Crippen LogP contribution in [0.2, 0.25) is 0 Å². The molecule has 2 N–H and O–H groups in total. The number of ether oxygens (including phenoxy) is 2.